The molecule has 1 unspecified atom stereocenters. The molecule has 1 saturated heterocycles. The summed E-state index contributed by atoms with van der Waals surface area (Å²) in [5.41, 5.74) is -0.264. The van der Waals surface area contributed by atoms with Crippen LogP contribution in [-0.2, 0) is 4.74 Å². The second-order valence-corrected chi connectivity index (χ2v) is 4.36. The molecule has 0 spiro atoms. The average molecular weight is 254 g/mol. The predicted molar refractivity (Wildman–Crippen MR) is 65.1 cm³/mol. The van der Waals surface area contributed by atoms with Crippen molar-refractivity contribution in [1.82, 2.24) is 0 Å². The van der Waals surface area contributed by atoms with Crippen molar-refractivity contribution < 1.29 is 14.1 Å². The van der Waals surface area contributed by atoms with Gasteiger partial charge in [0.1, 0.15) is 5.69 Å². The number of ether oxygens (including phenoxy) is 1. The van der Waals surface area contributed by atoms with Crippen LogP contribution in [0.3, 0.4) is 0 Å². The van der Waals surface area contributed by atoms with Crippen molar-refractivity contribution in [2.24, 2.45) is 5.92 Å². The highest BCUT2D eigenvalue weighted by Gasteiger charge is 2.21. The van der Waals surface area contributed by atoms with E-state index in [2.05, 4.69) is 5.32 Å². The molecule has 1 aromatic carbocycles. The molecule has 1 atom stereocenters. The van der Waals surface area contributed by atoms with Gasteiger partial charge in [0.25, 0.3) is 0 Å². The van der Waals surface area contributed by atoms with Gasteiger partial charge in [-0.15, -0.1) is 0 Å². The van der Waals surface area contributed by atoms with E-state index in [0.29, 0.717) is 19.1 Å². The van der Waals surface area contributed by atoms with E-state index in [1.54, 1.807) is 0 Å². The van der Waals surface area contributed by atoms with Gasteiger partial charge < -0.3 is 10.1 Å². The van der Waals surface area contributed by atoms with Crippen molar-refractivity contribution in [3.8, 4) is 0 Å². The smallest absolute Gasteiger partial charge is 0.327 e. The summed E-state index contributed by atoms with van der Waals surface area (Å²) in [4.78, 5) is 10.1. The van der Waals surface area contributed by atoms with Gasteiger partial charge in [0.05, 0.1) is 11.5 Å². The maximum absolute atomic E-state index is 13.4. The normalized spacial score (nSPS) is 19.5. The van der Waals surface area contributed by atoms with Crippen molar-refractivity contribution >= 4 is 11.4 Å². The Morgan fingerprint density at radius 3 is 3.06 bits per heavy atom. The zero-order valence-corrected chi connectivity index (χ0v) is 9.89. The first kappa shape index (κ1) is 12.8. The van der Waals surface area contributed by atoms with Gasteiger partial charge >= 0.3 is 5.69 Å². The Hall–Kier alpha value is -1.69. The molecule has 1 aliphatic rings. The Morgan fingerprint density at radius 1 is 1.56 bits per heavy atom. The van der Waals surface area contributed by atoms with Crippen LogP contribution in [-0.4, -0.2) is 24.7 Å². The SMILES string of the molecule is O=[N+]([O-])c1c(F)cccc1NCC1CCCOC1. The van der Waals surface area contributed by atoms with Crippen molar-refractivity contribution in [2.45, 2.75) is 12.8 Å². The van der Waals surface area contributed by atoms with Gasteiger partial charge in [-0.2, -0.15) is 4.39 Å². The van der Waals surface area contributed by atoms with E-state index >= 15 is 0 Å². The van der Waals surface area contributed by atoms with Crippen LogP contribution in [0.5, 0.6) is 0 Å². The summed E-state index contributed by atoms with van der Waals surface area (Å²) >= 11 is 0. The second-order valence-electron chi connectivity index (χ2n) is 4.36. The first-order chi connectivity index (χ1) is 8.68. The van der Waals surface area contributed by atoms with Crippen LogP contribution in [0.1, 0.15) is 12.8 Å². The van der Waals surface area contributed by atoms with E-state index < -0.39 is 16.4 Å². The fourth-order valence-electron chi connectivity index (χ4n) is 2.07. The van der Waals surface area contributed by atoms with Crippen LogP contribution in [0, 0.1) is 21.8 Å². The minimum Gasteiger partial charge on any atom is -0.381 e. The van der Waals surface area contributed by atoms with Gasteiger partial charge in [0.2, 0.25) is 5.82 Å². The second kappa shape index (κ2) is 5.77. The number of nitrogens with one attached hydrogen (secondary N) is 1. The molecule has 0 saturated carbocycles. The number of rotatable bonds is 4. The number of halogens is 1. The molecule has 0 bridgehead atoms. The summed E-state index contributed by atoms with van der Waals surface area (Å²) < 4.78 is 18.7. The van der Waals surface area contributed by atoms with E-state index in [4.69, 9.17) is 4.74 Å². The molecule has 0 amide bonds. The third kappa shape index (κ3) is 2.95. The lowest BCUT2D eigenvalue weighted by Crippen LogP contribution is -2.24. The number of nitrogens with zero attached hydrogens (tertiary/aromatic N) is 1. The average Bonchev–Trinajstić information content (AvgIpc) is 2.37. The highest BCUT2D eigenvalue weighted by Crippen LogP contribution is 2.27. The van der Waals surface area contributed by atoms with Gasteiger partial charge in [-0.3, -0.25) is 10.1 Å². The molecular weight excluding hydrogens is 239 g/mol. The molecular formula is C12H15FN2O3. The topological polar surface area (TPSA) is 64.4 Å². The first-order valence-corrected chi connectivity index (χ1v) is 5.93. The van der Waals surface area contributed by atoms with Crippen LogP contribution >= 0.6 is 0 Å². The maximum Gasteiger partial charge on any atom is 0.327 e. The van der Waals surface area contributed by atoms with Gasteiger partial charge in [0, 0.05) is 13.2 Å². The molecule has 2 rings (SSSR count). The quantitative estimate of drug-likeness (QED) is 0.662. The molecule has 1 aliphatic heterocycles. The van der Waals surface area contributed by atoms with Crippen molar-refractivity contribution in [3.63, 3.8) is 0 Å². The van der Waals surface area contributed by atoms with E-state index in [1.807, 2.05) is 0 Å². The molecule has 18 heavy (non-hydrogen) atoms. The molecule has 0 radical (unpaired) electrons. The minimum atomic E-state index is -0.815. The summed E-state index contributed by atoms with van der Waals surface area (Å²) in [6, 6.07) is 4.07. The zero-order valence-electron chi connectivity index (χ0n) is 9.89. The summed E-state index contributed by atoms with van der Waals surface area (Å²) in [5, 5.41) is 13.7. The lowest BCUT2D eigenvalue weighted by atomic mass is 10.0. The number of nitro groups is 1. The maximum atomic E-state index is 13.4. The molecule has 1 fully saturated rings. The number of benzene rings is 1. The molecule has 1 N–H and O–H groups in total. The van der Waals surface area contributed by atoms with E-state index in [9.17, 15) is 14.5 Å². The molecule has 0 aromatic heterocycles. The zero-order chi connectivity index (χ0) is 13.0. The van der Waals surface area contributed by atoms with Crippen LogP contribution in [0.15, 0.2) is 18.2 Å². The van der Waals surface area contributed by atoms with Crippen LogP contribution < -0.4 is 5.32 Å². The summed E-state index contributed by atoms with van der Waals surface area (Å²) in [5.74, 6) is -0.494. The number of hydrogen-bond acceptors (Lipinski definition) is 4. The van der Waals surface area contributed by atoms with Crippen molar-refractivity contribution in [3.05, 3.63) is 34.1 Å². The van der Waals surface area contributed by atoms with Gasteiger partial charge in [-0.1, -0.05) is 6.07 Å². The molecule has 5 nitrogen and oxygen atoms in total. The van der Waals surface area contributed by atoms with E-state index in [1.165, 1.54) is 12.1 Å². The number of anilines is 1. The largest absolute Gasteiger partial charge is 0.381 e. The number of para-hydroxylation sites is 1. The Balaban J connectivity index is 2.04. The number of nitro benzene ring substituents is 1. The minimum absolute atomic E-state index is 0.227. The highest BCUT2D eigenvalue weighted by molar-refractivity contribution is 5.61. The Bertz CT molecular complexity index is 433. The third-order valence-electron chi connectivity index (χ3n) is 3.01. The lowest BCUT2D eigenvalue weighted by Gasteiger charge is -2.22. The standard InChI is InChI=1S/C12H15FN2O3/c13-10-4-1-5-11(12(10)15(16)17)14-7-9-3-2-6-18-8-9/h1,4-5,9,14H,2-3,6-8H2. The van der Waals surface area contributed by atoms with Gasteiger partial charge in [-0.25, -0.2) is 0 Å². The van der Waals surface area contributed by atoms with Gasteiger partial charge in [0.15, 0.2) is 0 Å². The molecule has 6 heteroatoms. The lowest BCUT2D eigenvalue weighted by molar-refractivity contribution is -0.386. The van der Waals surface area contributed by atoms with Crippen LogP contribution in [0.25, 0.3) is 0 Å². The summed E-state index contributed by atoms with van der Waals surface area (Å²) in [6.07, 6.45) is 2.02. The number of hydrogen-bond donors (Lipinski definition) is 1. The van der Waals surface area contributed by atoms with Gasteiger partial charge in [-0.05, 0) is 30.9 Å². The fourth-order valence-corrected chi connectivity index (χ4v) is 2.07. The third-order valence-corrected chi connectivity index (χ3v) is 3.01. The predicted octanol–water partition coefficient (Wildman–Crippen LogP) is 2.57. The van der Waals surface area contributed by atoms with Crippen molar-refractivity contribution in [2.75, 3.05) is 25.1 Å². The Labute approximate surface area is 104 Å². The Kier molecular flexibility index (Phi) is 4.09. The highest BCUT2D eigenvalue weighted by atomic mass is 19.1. The van der Waals surface area contributed by atoms with Crippen molar-refractivity contribution in [1.29, 1.82) is 0 Å². The Morgan fingerprint density at radius 2 is 2.39 bits per heavy atom. The molecule has 1 aromatic rings. The summed E-state index contributed by atoms with van der Waals surface area (Å²) in [6.45, 7) is 1.98. The first-order valence-electron chi connectivity index (χ1n) is 5.93. The monoisotopic (exact) mass is 254 g/mol. The fraction of sp³-hybridized carbons (Fsp3) is 0.500. The molecule has 0 aliphatic carbocycles. The molecule has 1 heterocycles. The van der Waals surface area contributed by atoms with Crippen LogP contribution in [0.2, 0.25) is 0 Å². The van der Waals surface area contributed by atoms with E-state index in [0.717, 1.165) is 25.5 Å². The van der Waals surface area contributed by atoms with Crippen LogP contribution in [0.4, 0.5) is 15.8 Å². The molecule has 98 valence electrons. The van der Waals surface area contributed by atoms with E-state index in [-0.39, 0.29) is 5.69 Å². The summed E-state index contributed by atoms with van der Waals surface area (Å²) in [7, 11) is 0.